The van der Waals surface area contributed by atoms with E-state index in [1.807, 2.05) is 0 Å². The van der Waals surface area contributed by atoms with Gasteiger partial charge < -0.3 is 27.6 Å². The lowest BCUT2D eigenvalue weighted by molar-refractivity contribution is 0.669. The Bertz CT molecular complexity index is 6470. The smallest absolute Gasteiger partial charge is 0.333 e. The Balaban J connectivity index is 0.810. The Morgan fingerprint density at radius 2 is 0.865 bits per heavy atom. The summed E-state index contributed by atoms with van der Waals surface area (Å²) in [6, 6.07) is 104. The summed E-state index contributed by atoms with van der Waals surface area (Å²) >= 11 is 3.56. The van der Waals surface area contributed by atoms with Gasteiger partial charge in [0.2, 0.25) is 0 Å². The van der Waals surface area contributed by atoms with Gasteiger partial charge in [0.15, 0.2) is 0 Å². The molecular formula is C86H52B2N4O2S2. The van der Waals surface area contributed by atoms with Crippen LogP contribution in [0.25, 0.3) is 143 Å². The van der Waals surface area contributed by atoms with Crippen LogP contribution in [0.3, 0.4) is 0 Å². The lowest BCUT2D eigenvalue weighted by atomic mass is 9.44. The predicted octanol–water partition coefficient (Wildman–Crippen LogP) is 21.0. The number of thioether (sulfide) groups is 2. The summed E-state index contributed by atoms with van der Waals surface area (Å²) in [5.41, 5.74) is 32.0. The monoisotopic (exact) mass is 1260 g/mol. The third-order valence-electron chi connectivity index (χ3n) is 21.4. The molecule has 8 heterocycles. The number of fused-ring (bicyclic) bond motifs is 22. The summed E-state index contributed by atoms with van der Waals surface area (Å²) in [4.78, 5) is 7.45. The van der Waals surface area contributed by atoms with E-state index in [-0.39, 0.29) is 13.7 Å². The van der Waals surface area contributed by atoms with Gasteiger partial charge in [-0.15, -0.1) is 23.5 Å². The zero-order valence-corrected chi connectivity index (χ0v) is 53.8. The minimum absolute atomic E-state index is 0.171. The highest BCUT2D eigenvalue weighted by Crippen LogP contribution is 2.54. The molecule has 0 saturated heterocycles. The SMILES string of the molecule is CSc1cccc(N2c3cc(SC)ccc3B3c4c2cc2oc5ccccc5c2c4-c2cccc4c5ccc(-c6cccc7c6oc6cc8c9c(c67)-c6cccc7c%10ccccc%10n(c67)B9c6cc(-c7ccccc7)ccc6N8c6ccc(-c7ccccc7)cc6)cc5n3c24)c1. The number of furan rings is 2. The minimum Gasteiger partial charge on any atom is -0.456 e. The van der Waals surface area contributed by atoms with Crippen molar-refractivity contribution in [3.8, 4) is 55.6 Å². The van der Waals surface area contributed by atoms with Gasteiger partial charge in [0.05, 0.1) is 0 Å². The summed E-state index contributed by atoms with van der Waals surface area (Å²) in [5, 5.41) is 9.46. The maximum absolute atomic E-state index is 7.70. The van der Waals surface area contributed by atoms with Crippen molar-refractivity contribution < 1.29 is 8.83 Å². The zero-order chi connectivity index (χ0) is 62.8. The Hall–Kier alpha value is -11.3. The zero-order valence-electron chi connectivity index (χ0n) is 52.1. The fourth-order valence-electron chi connectivity index (χ4n) is 17.5. The topological polar surface area (TPSA) is 42.6 Å². The average Bonchev–Trinajstić information content (AvgIpc) is 1.41. The number of hydrogen-bond acceptors (Lipinski definition) is 6. The van der Waals surface area contributed by atoms with Crippen LogP contribution in [0.4, 0.5) is 34.1 Å². The van der Waals surface area contributed by atoms with Crippen LogP contribution in [0.2, 0.25) is 0 Å². The Morgan fingerprint density at radius 1 is 0.312 bits per heavy atom. The summed E-state index contributed by atoms with van der Waals surface area (Å²) in [6.45, 7) is -0.350. The second kappa shape index (κ2) is 19.7. The van der Waals surface area contributed by atoms with Gasteiger partial charge in [0, 0.05) is 138 Å². The second-order valence-electron chi connectivity index (χ2n) is 26.0. The van der Waals surface area contributed by atoms with E-state index >= 15 is 0 Å². The van der Waals surface area contributed by atoms with Crippen LogP contribution in [0.15, 0.2) is 298 Å². The molecule has 0 amide bonds. The third kappa shape index (κ3) is 7.06. The van der Waals surface area contributed by atoms with E-state index in [1.54, 1.807) is 23.5 Å². The van der Waals surface area contributed by atoms with Crippen LogP contribution in [-0.2, 0) is 0 Å². The number of nitrogens with zero attached hydrogens (tertiary/aromatic N) is 4. The van der Waals surface area contributed by atoms with Crippen LogP contribution in [-0.4, -0.2) is 35.2 Å². The highest BCUT2D eigenvalue weighted by atomic mass is 32.2. The van der Waals surface area contributed by atoms with E-state index < -0.39 is 0 Å². The van der Waals surface area contributed by atoms with Gasteiger partial charge in [-0.25, -0.2) is 0 Å². The molecule has 446 valence electrons. The van der Waals surface area contributed by atoms with Crippen molar-refractivity contribution >= 4 is 181 Å². The van der Waals surface area contributed by atoms with Crippen LogP contribution >= 0.6 is 23.5 Å². The average molecular weight is 1260 g/mol. The predicted molar refractivity (Wildman–Crippen MR) is 408 cm³/mol. The largest absolute Gasteiger partial charge is 0.456 e. The first-order valence-corrected chi connectivity index (χ1v) is 35.4. The lowest BCUT2D eigenvalue weighted by Gasteiger charge is -2.40. The van der Waals surface area contributed by atoms with Crippen molar-refractivity contribution in [2.24, 2.45) is 0 Å². The highest BCUT2D eigenvalue weighted by Gasteiger charge is 2.47. The van der Waals surface area contributed by atoms with Crippen molar-refractivity contribution in [1.29, 1.82) is 0 Å². The molecule has 14 aromatic carbocycles. The number of para-hydroxylation sites is 5. The van der Waals surface area contributed by atoms with Crippen LogP contribution in [0.1, 0.15) is 0 Å². The second-order valence-corrected chi connectivity index (χ2v) is 27.8. The van der Waals surface area contributed by atoms with Crippen molar-refractivity contribution in [2.75, 3.05) is 22.3 Å². The Morgan fingerprint density at radius 3 is 1.60 bits per heavy atom. The third-order valence-corrected chi connectivity index (χ3v) is 22.9. The molecule has 0 atom stereocenters. The van der Waals surface area contributed by atoms with Gasteiger partial charge >= 0.3 is 13.7 Å². The number of rotatable bonds is 7. The molecule has 4 aromatic heterocycles. The summed E-state index contributed by atoms with van der Waals surface area (Å²) in [5.74, 6) is 0. The van der Waals surface area contributed by atoms with Crippen LogP contribution in [0.5, 0.6) is 0 Å². The number of aromatic nitrogens is 2. The van der Waals surface area contributed by atoms with E-state index in [1.165, 1.54) is 125 Å². The number of hydrogen-bond donors (Lipinski definition) is 0. The Kier molecular flexibility index (Phi) is 10.9. The lowest BCUT2D eigenvalue weighted by Crippen LogP contribution is -2.56. The first-order valence-electron chi connectivity index (χ1n) is 32.9. The van der Waals surface area contributed by atoms with E-state index in [0.29, 0.717) is 0 Å². The van der Waals surface area contributed by atoms with Gasteiger partial charge in [0.25, 0.3) is 0 Å². The van der Waals surface area contributed by atoms with E-state index in [0.717, 1.165) is 83.4 Å². The van der Waals surface area contributed by atoms with Gasteiger partial charge in [-0.1, -0.05) is 200 Å². The molecule has 10 heteroatoms. The van der Waals surface area contributed by atoms with Crippen molar-refractivity contribution in [3.05, 3.63) is 279 Å². The maximum atomic E-state index is 7.70. The maximum Gasteiger partial charge on any atom is 0.333 e. The first-order chi connectivity index (χ1) is 47.5. The fraction of sp³-hybridized carbons (Fsp3) is 0.0233. The molecule has 4 aliphatic rings. The molecule has 4 aliphatic heterocycles. The Labute approximate surface area is 561 Å². The number of anilines is 6. The molecule has 0 saturated carbocycles. The van der Waals surface area contributed by atoms with Crippen molar-refractivity contribution in [3.63, 3.8) is 0 Å². The van der Waals surface area contributed by atoms with Crippen LogP contribution < -0.4 is 31.7 Å². The normalized spacial score (nSPS) is 13.3. The molecule has 0 bridgehead atoms. The molecule has 0 aliphatic carbocycles. The molecule has 0 unspecified atom stereocenters. The molecule has 0 spiro atoms. The molecule has 0 N–H and O–H groups in total. The molecule has 22 rings (SSSR count). The van der Waals surface area contributed by atoms with Gasteiger partial charge in [-0.2, -0.15) is 0 Å². The summed E-state index contributed by atoms with van der Waals surface area (Å²) in [7, 11) is 0. The number of benzene rings is 14. The van der Waals surface area contributed by atoms with E-state index in [9.17, 15) is 0 Å². The standard InChI is InChI=1S/C86H52B2N4O2S2/c1-95-56-22-13-21-55(45-56)90-72-46-57(96-2)39-41-67(72)87-82-74(90)47-76-78(63-24-10-12-32-75(63)93-76)80(82)64-28-16-27-62-60-40-35-53(44-71(60)92(87)85(62)64)58-25-14-30-66-79-77(94-86(58)66)48-73-83-81(79)65-29-15-26-61-59-23-9-11-31-69(59)91(84(61)65)88(83)68-43-52(50-19-7-4-8-20-50)36-42-70(68)89(73)54-37-33-51(34-38-54)49-17-5-3-6-18-49/h3-48H,1-2H3. The van der Waals surface area contributed by atoms with Crippen molar-refractivity contribution in [2.45, 2.75) is 9.79 Å². The molecule has 6 nitrogen and oxygen atoms in total. The van der Waals surface area contributed by atoms with Crippen molar-refractivity contribution in [1.82, 2.24) is 8.96 Å². The summed E-state index contributed by atoms with van der Waals surface area (Å²) < 4.78 is 20.0. The quantitative estimate of drug-likeness (QED) is 0.117. The minimum atomic E-state index is -0.179. The van der Waals surface area contributed by atoms with Gasteiger partial charge in [-0.3, -0.25) is 0 Å². The van der Waals surface area contributed by atoms with E-state index in [4.69, 9.17) is 8.83 Å². The molecule has 18 aromatic rings. The highest BCUT2D eigenvalue weighted by molar-refractivity contribution is 7.98. The molecule has 0 radical (unpaired) electrons. The first kappa shape index (κ1) is 53.1. The van der Waals surface area contributed by atoms with E-state index in [2.05, 4.69) is 310 Å². The van der Waals surface area contributed by atoms with Gasteiger partial charge in [-0.05, 0) is 140 Å². The summed E-state index contributed by atoms with van der Waals surface area (Å²) in [6.07, 6.45) is 4.34. The fourth-order valence-corrected chi connectivity index (χ4v) is 18.4. The van der Waals surface area contributed by atoms with Gasteiger partial charge in [0.1, 0.15) is 22.3 Å². The molecule has 0 fully saturated rings. The van der Waals surface area contributed by atoms with Crippen LogP contribution in [0, 0.1) is 0 Å². The molecule has 96 heavy (non-hydrogen) atoms. The molecular weight excluding hydrogens is 1210 g/mol.